The lowest BCUT2D eigenvalue weighted by atomic mass is 9.73. The van der Waals surface area contributed by atoms with Crippen LogP contribution in [0.4, 0.5) is 8.78 Å². The summed E-state index contributed by atoms with van der Waals surface area (Å²) in [4.78, 5) is 11.9. The van der Waals surface area contributed by atoms with Crippen LogP contribution < -0.4 is 4.74 Å². The number of ether oxygens (including phenoxy) is 1. The van der Waals surface area contributed by atoms with Crippen LogP contribution in [0.2, 0.25) is 5.02 Å². The molecule has 2 aromatic carbocycles. The molecule has 0 bridgehead atoms. The van der Waals surface area contributed by atoms with Gasteiger partial charge in [0.2, 0.25) is 0 Å². The first-order valence-corrected chi connectivity index (χ1v) is 10.6. The quantitative estimate of drug-likeness (QED) is 0.624. The van der Waals surface area contributed by atoms with Crippen molar-refractivity contribution in [3.05, 3.63) is 82.4 Å². The Labute approximate surface area is 190 Å². The summed E-state index contributed by atoms with van der Waals surface area (Å²) in [6.45, 7) is 3.14. The summed E-state index contributed by atoms with van der Waals surface area (Å²) in [5.74, 6) is 1.35. The van der Waals surface area contributed by atoms with Gasteiger partial charge >= 0.3 is 5.92 Å². The highest BCUT2D eigenvalue weighted by atomic mass is 35.5. The Morgan fingerprint density at radius 2 is 2.03 bits per heavy atom. The second-order valence-electron chi connectivity index (χ2n) is 7.96. The van der Waals surface area contributed by atoms with Crippen LogP contribution in [-0.4, -0.2) is 28.5 Å². The molecular formula is C26H21ClF2O3. The predicted octanol–water partition coefficient (Wildman–Crippen LogP) is 5.46. The highest BCUT2D eigenvalue weighted by Crippen LogP contribution is 2.54. The zero-order valence-electron chi connectivity index (χ0n) is 17.5. The smallest absolute Gasteiger partial charge is 0.306 e. The van der Waals surface area contributed by atoms with Crippen molar-refractivity contribution >= 4 is 23.0 Å². The fourth-order valence-corrected chi connectivity index (χ4v) is 4.32. The number of fused-ring (bicyclic) bond motifs is 3. The number of carbonyl (C=O) groups is 1. The Hall–Kier alpha value is -2.94. The third-order valence-corrected chi connectivity index (χ3v) is 6.08. The number of hydrogen-bond acceptors (Lipinski definition) is 3. The lowest BCUT2D eigenvalue weighted by Crippen LogP contribution is -2.46. The molecule has 4 rings (SSSR count). The molecule has 1 aliphatic carbocycles. The predicted molar refractivity (Wildman–Crippen MR) is 120 cm³/mol. The first-order valence-electron chi connectivity index (χ1n) is 10.3. The van der Waals surface area contributed by atoms with Gasteiger partial charge in [-0.15, -0.1) is 0 Å². The van der Waals surface area contributed by atoms with Crippen LogP contribution in [0.5, 0.6) is 5.75 Å². The van der Waals surface area contributed by atoms with Crippen molar-refractivity contribution in [1.82, 2.24) is 0 Å². The summed E-state index contributed by atoms with van der Waals surface area (Å²) < 4.78 is 36.9. The van der Waals surface area contributed by atoms with Gasteiger partial charge in [-0.2, -0.15) is 8.78 Å². The van der Waals surface area contributed by atoms with Crippen LogP contribution in [0.15, 0.2) is 66.3 Å². The van der Waals surface area contributed by atoms with Crippen molar-refractivity contribution in [3.8, 4) is 17.6 Å². The van der Waals surface area contributed by atoms with Crippen LogP contribution >= 0.6 is 11.6 Å². The number of carbonyl (C=O) groups excluding carboxylic acids is 1. The van der Waals surface area contributed by atoms with Crippen molar-refractivity contribution in [2.45, 2.75) is 37.9 Å². The standard InChI is InChI=1S/C26H21ClF2O3/c1-3-21(30)24(31)26(28,29)20-14-13-17(12-11-16-7-6-8-18(27)15-16)25(2)23(20)19-9-4-5-10-22(19)32-25/h4-10,13-15,17,24,31H,3H2,1-2H3. The maximum Gasteiger partial charge on any atom is 0.306 e. The van der Waals surface area contributed by atoms with Gasteiger partial charge in [0.15, 0.2) is 11.9 Å². The summed E-state index contributed by atoms with van der Waals surface area (Å²) in [5, 5.41) is 10.7. The van der Waals surface area contributed by atoms with E-state index in [9.17, 15) is 9.90 Å². The van der Waals surface area contributed by atoms with Gasteiger partial charge in [-0.1, -0.05) is 66.8 Å². The first-order chi connectivity index (χ1) is 15.2. The average molecular weight is 455 g/mol. The average Bonchev–Trinajstić information content (AvgIpc) is 3.09. The Kier molecular flexibility index (Phi) is 5.70. The lowest BCUT2D eigenvalue weighted by Gasteiger charge is -2.36. The highest BCUT2D eigenvalue weighted by molar-refractivity contribution is 6.30. The first kappa shape index (κ1) is 22.3. The van der Waals surface area contributed by atoms with E-state index >= 15 is 8.78 Å². The molecule has 0 aromatic heterocycles. The Bertz CT molecular complexity index is 1200. The SMILES string of the molecule is CCC(=O)C(O)C(F)(F)C1=C2c3ccccc3OC2(C)C(C#Cc2cccc(Cl)c2)C=C1. The van der Waals surface area contributed by atoms with Gasteiger partial charge in [0, 0.05) is 33.7 Å². The number of benzene rings is 2. The molecule has 32 heavy (non-hydrogen) atoms. The van der Waals surface area contributed by atoms with Crippen molar-refractivity contribution in [2.75, 3.05) is 0 Å². The minimum Gasteiger partial charge on any atom is -0.481 e. The van der Waals surface area contributed by atoms with E-state index in [1.54, 1.807) is 61.5 Å². The fourth-order valence-electron chi connectivity index (χ4n) is 4.13. The molecule has 3 atom stereocenters. The molecule has 0 fully saturated rings. The minimum absolute atomic E-state index is 0.193. The third-order valence-electron chi connectivity index (χ3n) is 5.85. The lowest BCUT2D eigenvalue weighted by molar-refractivity contribution is -0.143. The van der Waals surface area contributed by atoms with E-state index in [0.717, 1.165) is 0 Å². The number of allylic oxidation sites excluding steroid dienone is 1. The summed E-state index contributed by atoms with van der Waals surface area (Å²) in [6.07, 6.45) is 0.165. The summed E-state index contributed by atoms with van der Waals surface area (Å²) in [5.41, 5.74) is -0.234. The maximum absolute atomic E-state index is 15.4. The number of halogens is 3. The molecule has 0 saturated heterocycles. The third kappa shape index (κ3) is 3.64. The molecule has 6 heteroatoms. The molecule has 0 spiro atoms. The second kappa shape index (κ2) is 8.20. The number of aliphatic hydroxyl groups excluding tert-OH is 1. The van der Waals surface area contributed by atoms with Crippen LogP contribution in [-0.2, 0) is 4.79 Å². The van der Waals surface area contributed by atoms with Gasteiger partial charge in [-0.05, 0) is 31.2 Å². The van der Waals surface area contributed by atoms with E-state index in [2.05, 4.69) is 11.8 Å². The summed E-state index contributed by atoms with van der Waals surface area (Å²) in [6, 6.07) is 13.9. The van der Waals surface area contributed by atoms with Crippen molar-refractivity contribution in [2.24, 2.45) is 5.92 Å². The van der Waals surface area contributed by atoms with E-state index in [1.807, 2.05) is 0 Å². The van der Waals surface area contributed by atoms with Crippen LogP contribution in [0.1, 0.15) is 31.4 Å². The number of Topliss-reactive ketones (excluding diaryl/α,β-unsaturated/α-hetero) is 1. The van der Waals surface area contributed by atoms with Gasteiger partial charge in [-0.25, -0.2) is 0 Å². The molecule has 2 aromatic rings. The van der Waals surface area contributed by atoms with E-state index in [4.69, 9.17) is 16.3 Å². The monoisotopic (exact) mass is 454 g/mol. The molecule has 2 aliphatic rings. The van der Waals surface area contributed by atoms with Crippen molar-refractivity contribution < 1.29 is 23.4 Å². The zero-order chi connectivity index (χ0) is 23.1. The molecule has 1 heterocycles. The van der Waals surface area contributed by atoms with Crippen LogP contribution in [0.25, 0.3) is 5.57 Å². The molecule has 3 nitrogen and oxygen atoms in total. The molecule has 1 N–H and O–H groups in total. The number of hydrogen-bond donors (Lipinski definition) is 1. The molecule has 0 saturated carbocycles. The number of ketones is 1. The number of para-hydroxylation sites is 1. The van der Waals surface area contributed by atoms with Crippen LogP contribution in [0.3, 0.4) is 0 Å². The number of rotatable bonds is 4. The normalized spacial score (nSPS) is 22.4. The fraction of sp³-hybridized carbons (Fsp3) is 0.269. The minimum atomic E-state index is -3.79. The Morgan fingerprint density at radius 1 is 1.28 bits per heavy atom. The van der Waals surface area contributed by atoms with Crippen molar-refractivity contribution in [1.29, 1.82) is 0 Å². The largest absolute Gasteiger partial charge is 0.481 e. The number of alkyl halides is 2. The van der Waals surface area contributed by atoms with Gasteiger partial charge in [0.05, 0.1) is 5.92 Å². The van der Waals surface area contributed by atoms with Gasteiger partial charge in [0.25, 0.3) is 0 Å². The number of aliphatic hydroxyl groups is 1. The molecule has 0 amide bonds. The van der Waals surface area contributed by atoms with Gasteiger partial charge < -0.3 is 9.84 Å². The molecule has 3 unspecified atom stereocenters. The zero-order valence-corrected chi connectivity index (χ0v) is 18.3. The van der Waals surface area contributed by atoms with Gasteiger partial charge in [0.1, 0.15) is 11.4 Å². The molecular weight excluding hydrogens is 434 g/mol. The Balaban J connectivity index is 1.84. The second-order valence-corrected chi connectivity index (χ2v) is 8.39. The van der Waals surface area contributed by atoms with E-state index in [1.165, 1.54) is 13.0 Å². The van der Waals surface area contributed by atoms with Gasteiger partial charge in [-0.3, -0.25) is 4.79 Å². The molecule has 164 valence electrons. The summed E-state index contributed by atoms with van der Waals surface area (Å²) >= 11 is 6.03. The van der Waals surface area contributed by atoms with E-state index < -0.39 is 34.9 Å². The maximum atomic E-state index is 15.4. The Morgan fingerprint density at radius 3 is 2.75 bits per heavy atom. The van der Waals surface area contributed by atoms with E-state index in [0.29, 0.717) is 21.9 Å². The summed E-state index contributed by atoms with van der Waals surface area (Å²) in [7, 11) is 0. The highest BCUT2D eigenvalue weighted by Gasteiger charge is 2.55. The topological polar surface area (TPSA) is 46.5 Å². The molecule has 0 radical (unpaired) electrons. The van der Waals surface area contributed by atoms with Crippen molar-refractivity contribution in [3.63, 3.8) is 0 Å². The molecule has 1 aliphatic heterocycles. The van der Waals surface area contributed by atoms with E-state index in [-0.39, 0.29) is 12.0 Å². The van der Waals surface area contributed by atoms with Crippen LogP contribution in [0, 0.1) is 17.8 Å².